The minimum Gasteiger partial charge on any atom is -0.473 e. The molecule has 0 heterocycles. The fourth-order valence-corrected chi connectivity index (χ4v) is 2.80. The Hall–Kier alpha value is -3.67. The molecule has 0 saturated carbocycles. The molecular formula is C22H24Cl2N4O7. The number of likely N-dealkylation sites (N-methyl/N-ethyl adjacent to an activating group) is 1. The van der Waals surface area contributed by atoms with Crippen LogP contribution in [0.2, 0.25) is 10.0 Å². The first-order chi connectivity index (χ1) is 16.4. The SMILES string of the molecule is CCN(CC(=O)Nc1ccc(NC(C)=O)cc1)CC(=O)Nc1ccc(Cl)c(Cl)c1.O=C(O)C(=O)O. The van der Waals surface area contributed by atoms with Crippen LogP contribution in [-0.4, -0.2) is 64.4 Å². The van der Waals surface area contributed by atoms with Crippen molar-refractivity contribution in [2.45, 2.75) is 13.8 Å². The minimum absolute atomic E-state index is 0.0473. The first-order valence-electron chi connectivity index (χ1n) is 10.0. The van der Waals surface area contributed by atoms with E-state index >= 15 is 0 Å². The fourth-order valence-electron chi connectivity index (χ4n) is 2.50. The number of aliphatic carboxylic acids is 2. The number of nitrogens with zero attached hydrogens (tertiary/aromatic N) is 1. The van der Waals surface area contributed by atoms with Gasteiger partial charge in [0.1, 0.15) is 0 Å². The summed E-state index contributed by atoms with van der Waals surface area (Å²) in [5.74, 6) is -4.33. The summed E-state index contributed by atoms with van der Waals surface area (Å²) in [6.07, 6.45) is 0. The van der Waals surface area contributed by atoms with Gasteiger partial charge in [-0.15, -0.1) is 0 Å². The first-order valence-corrected chi connectivity index (χ1v) is 10.8. The smallest absolute Gasteiger partial charge is 0.414 e. The van der Waals surface area contributed by atoms with Crippen LogP contribution in [0.15, 0.2) is 42.5 Å². The Bertz CT molecular complexity index is 1070. The molecule has 11 nitrogen and oxygen atoms in total. The zero-order valence-electron chi connectivity index (χ0n) is 18.8. The van der Waals surface area contributed by atoms with Gasteiger partial charge in [0, 0.05) is 24.0 Å². The van der Waals surface area contributed by atoms with Crippen molar-refractivity contribution in [3.8, 4) is 0 Å². The number of amides is 3. The van der Waals surface area contributed by atoms with Crippen molar-refractivity contribution in [1.82, 2.24) is 4.90 Å². The number of hydrogen-bond donors (Lipinski definition) is 5. The van der Waals surface area contributed by atoms with E-state index in [0.717, 1.165) is 0 Å². The molecule has 0 aliphatic rings. The van der Waals surface area contributed by atoms with Gasteiger partial charge in [0.05, 0.1) is 23.1 Å². The first kappa shape index (κ1) is 29.4. The number of benzene rings is 2. The number of carboxylic acids is 2. The molecule has 35 heavy (non-hydrogen) atoms. The molecule has 0 atom stereocenters. The van der Waals surface area contributed by atoms with Crippen molar-refractivity contribution in [1.29, 1.82) is 0 Å². The topological polar surface area (TPSA) is 165 Å². The van der Waals surface area contributed by atoms with Gasteiger partial charge in [-0.3, -0.25) is 19.3 Å². The van der Waals surface area contributed by atoms with Gasteiger partial charge in [0.25, 0.3) is 0 Å². The van der Waals surface area contributed by atoms with E-state index in [-0.39, 0.29) is 30.8 Å². The lowest BCUT2D eigenvalue weighted by atomic mass is 10.2. The lowest BCUT2D eigenvalue weighted by Crippen LogP contribution is -2.38. The van der Waals surface area contributed by atoms with E-state index in [2.05, 4.69) is 16.0 Å². The molecule has 5 N–H and O–H groups in total. The molecule has 0 aliphatic heterocycles. The Labute approximate surface area is 211 Å². The fraction of sp³-hybridized carbons (Fsp3) is 0.227. The summed E-state index contributed by atoms with van der Waals surface area (Å²) in [5.41, 5.74) is 1.77. The molecule has 188 valence electrons. The predicted molar refractivity (Wildman–Crippen MR) is 132 cm³/mol. The maximum absolute atomic E-state index is 12.3. The Kier molecular flexibility index (Phi) is 12.2. The molecular weight excluding hydrogens is 503 g/mol. The monoisotopic (exact) mass is 526 g/mol. The van der Waals surface area contributed by atoms with E-state index in [0.29, 0.717) is 33.7 Å². The third kappa shape index (κ3) is 11.8. The van der Waals surface area contributed by atoms with Crippen molar-refractivity contribution >= 4 is 69.9 Å². The zero-order chi connectivity index (χ0) is 26.5. The van der Waals surface area contributed by atoms with Crippen molar-refractivity contribution in [2.75, 3.05) is 35.6 Å². The summed E-state index contributed by atoms with van der Waals surface area (Å²) in [6.45, 7) is 3.91. The standard InChI is InChI=1S/C20H22Cl2N4O3.C2H2O4/c1-3-26(12-20(29)25-16-8-9-17(21)18(22)10-16)11-19(28)24-15-6-4-14(5-7-15)23-13(2)27;3-1(4)2(5)6/h4-10H,3,11-12H2,1-2H3,(H,23,27)(H,24,28)(H,25,29);(H,3,4)(H,5,6). The van der Waals surface area contributed by atoms with E-state index in [1.165, 1.54) is 6.92 Å². The maximum atomic E-state index is 12.3. The highest BCUT2D eigenvalue weighted by molar-refractivity contribution is 6.42. The number of carboxylic acid groups (broad SMARTS) is 2. The number of halogens is 2. The van der Waals surface area contributed by atoms with Crippen molar-refractivity contribution in [3.05, 3.63) is 52.5 Å². The third-order valence-corrected chi connectivity index (χ3v) is 4.80. The average Bonchev–Trinajstić information content (AvgIpc) is 2.77. The molecule has 2 aromatic rings. The number of anilines is 3. The Morgan fingerprint density at radius 3 is 1.57 bits per heavy atom. The molecule has 0 aliphatic carbocycles. The van der Waals surface area contributed by atoms with E-state index in [9.17, 15) is 14.4 Å². The van der Waals surface area contributed by atoms with Crippen molar-refractivity contribution in [3.63, 3.8) is 0 Å². The van der Waals surface area contributed by atoms with Gasteiger partial charge < -0.3 is 26.2 Å². The number of rotatable bonds is 8. The van der Waals surface area contributed by atoms with Crippen LogP contribution in [0, 0.1) is 0 Å². The Morgan fingerprint density at radius 2 is 1.17 bits per heavy atom. The molecule has 13 heteroatoms. The summed E-state index contributed by atoms with van der Waals surface area (Å²) in [7, 11) is 0. The molecule has 0 radical (unpaired) electrons. The molecule has 0 aromatic heterocycles. The second-order valence-corrected chi connectivity index (χ2v) is 7.71. The van der Waals surface area contributed by atoms with E-state index < -0.39 is 11.9 Å². The highest BCUT2D eigenvalue weighted by Gasteiger charge is 2.14. The summed E-state index contributed by atoms with van der Waals surface area (Å²) in [6, 6.07) is 11.6. The van der Waals surface area contributed by atoms with Crippen LogP contribution in [0.5, 0.6) is 0 Å². The van der Waals surface area contributed by atoms with E-state index in [4.69, 9.17) is 43.0 Å². The summed E-state index contributed by atoms with van der Waals surface area (Å²) >= 11 is 11.8. The van der Waals surface area contributed by atoms with Gasteiger partial charge in [-0.1, -0.05) is 30.1 Å². The molecule has 0 saturated heterocycles. The lowest BCUT2D eigenvalue weighted by molar-refractivity contribution is -0.159. The van der Waals surface area contributed by atoms with Crippen LogP contribution in [-0.2, 0) is 24.0 Å². The lowest BCUT2D eigenvalue weighted by Gasteiger charge is -2.19. The maximum Gasteiger partial charge on any atom is 0.414 e. The van der Waals surface area contributed by atoms with Crippen LogP contribution >= 0.6 is 23.2 Å². The van der Waals surface area contributed by atoms with Crippen molar-refractivity contribution < 1.29 is 34.2 Å². The molecule has 0 spiro atoms. The van der Waals surface area contributed by atoms with Gasteiger partial charge in [-0.25, -0.2) is 9.59 Å². The van der Waals surface area contributed by atoms with Crippen LogP contribution in [0.3, 0.4) is 0 Å². The Balaban J connectivity index is 0.000000905. The molecule has 0 unspecified atom stereocenters. The van der Waals surface area contributed by atoms with Gasteiger partial charge in [0.15, 0.2) is 0 Å². The normalized spacial score (nSPS) is 9.97. The average molecular weight is 527 g/mol. The number of carbonyl (C=O) groups excluding carboxylic acids is 3. The molecule has 0 bridgehead atoms. The molecule has 2 aromatic carbocycles. The van der Waals surface area contributed by atoms with Crippen LogP contribution in [0.1, 0.15) is 13.8 Å². The minimum atomic E-state index is -1.82. The summed E-state index contributed by atoms with van der Waals surface area (Å²) < 4.78 is 0. The highest BCUT2D eigenvalue weighted by Crippen LogP contribution is 2.25. The van der Waals surface area contributed by atoms with Gasteiger partial charge >= 0.3 is 11.9 Å². The quantitative estimate of drug-likeness (QED) is 0.327. The van der Waals surface area contributed by atoms with Gasteiger partial charge in [0.2, 0.25) is 17.7 Å². The molecule has 0 fully saturated rings. The Morgan fingerprint density at radius 1 is 0.743 bits per heavy atom. The molecule has 3 amide bonds. The highest BCUT2D eigenvalue weighted by atomic mass is 35.5. The second-order valence-electron chi connectivity index (χ2n) is 6.90. The zero-order valence-corrected chi connectivity index (χ0v) is 20.3. The van der Waals surface area contributed by atoms with Gasteiger partial charge in [-0.2, -0.15) is 0 Å². The summed E-state index contributed by atoms with van der Waals surface area (Å²) in [4.78, 5) is 55.5. The van der Waals surface area contributed by atoms with E-state index in [1.807, 2.05) is 6.92 Å². The van der Waals surface area contributed by atoms with Crippen LogP contribution in [0.4, 0.5) is 17.1 Å². The number of carbonyl (C=O) groups is 5. The second kappa shape index (κ2) is 14.6. The number of hydrogen-bond acceptors (Lipinski definition) is 6. The van der Waals surface area contributed by atoms with E-state index in [1.54, 1.807) is 47.4 Å². The summed E-state index contributed by atoms with van der Waals surface area (Å²) in [5, 5.41) is 23.7. The van der Waals surface area contributed by atoms with Crippen LogP contribution in [0.25, 0.3) is 0 Å². The third-order valence-electron chi connectivity index (χ3n) is 4.06. The van der Waals surface area contributed by atoms with Crippen molar-refractivity contribution in [2.24, 2.45) is 0 Å². The molecule has 2 rings (SSSR count). The van der Waals surface area contributed by atoms with Gasteiger partial charge in [-0.05, 0) is 49.0 Å². The largest absolute Gasteiger partial charge is 0.473 e. The predicted octanol–water partition coefficient (Wildman–Crippen LogP) is 3.01. The van der Waals surface area contributed by atoms with Crippen LogP contribution < -0.4 is 16.0 Å². The number of nitrogens with one attached hydrogen (secondary N) is 3.